The summed E-state index contributed by atoms with van der Waals surface area (Å²) < 4.78 is 27.6. The van der Waals surface area contributed by atoms with Crippen LogP contribution in [0, 0.1) is 6.42 Å². The van der Waals surface area contributed by atoms with Crippen LogP contribution in [0.3, 0.4) is 0 Å². The molecule has 24 heavy (non-hydrogen) atoms. The molecule has 0 amide bonds. The van der Waals surface area contributed by atoms with Gasteiger partial charge in [-0.25, -0.2) is 8.42 Å². The van der Waals surface area contributed by atoms with Crippen molar-refractivity contribution in [1.82, 2.24) is 4.31 Å². The summed E-state index contributed by atoms with van der Waals surface area (Å²) in [5.41, 5.74) is 7.72. The second kappa shape index (κ2) is 7.47. The number of sulfonamides is 1. The van der Waals surface area contributed by atoms with E-state index >= 15 is 0 Å². The van der Waals surface area contributed by atoms with Gasteiger partial charge in [0.2, 0.25) is 10.0 Å². The third-order valence-corrected chi connectivity index (χ3v) is 6.28. The van der Waals surface area contributed by atoms with E-state index in [1.54, 1.807) is 22.5 Å². The van der Waals surface area contributed by atoms with Crippen molar-refractivity contribution in [3.05, 3.63) is 72.1 Å². The minimum atomic E-state index is -3.48. The number of nitrogens with two attached hydrogens (primary N) is 1. The Morgan fingerprint density at radius 1 is 1.08 bits per heavy atom. The number of piperidine rings is 1. The van der Waals surface area contributed by atoms with Gasteiger partial charge >= 0.3 is 0 Å². The monoisotopic (exact) mass is 343 g/mol. The van der Waals surface area contributed by atoms with E-state index in [9.17, 15) is 8.42 Å². The molecule has 0 aromatic heterocycles. The van der Waals surface area contributed by atoms with Crippen molar-refractivity contribution in [2.24, 2.45) is 5.73 Å². The summed E-state index contributed by atoms with van der Waals surface area (Å²) in [6, 6.07) is 17.2. The van der Waals surface area contributed by atoms with E-state index in [0.29, 0.717) is 31.0 Å². The molecule has 0 saturated carbocycles. The molecule has 1 heterocycles. The first kappa shape index (κ1) is 17.1. The van der Waals surface area contributed by atoms with Gasteiger partial charge in [0, 0.05) is 13.1 Å². The van der Waals surface area contributed by atoms with Gasteiger partial charge in [0.1, 0.15) is 0 Å². The lowest BCUT2D eigenvalue weighted by molar-refractivity contribution is 0.360. The van der Waals surface area contributed by atoms with Crippen molar-refractivity contribution in [1.29, 1.82) is 0 Å². The van der Waals surface area contributed by atoms with Crippen molar-refractivity contribution in [2.75, 3.05) is 19.6 Å². The van der Waals surface area contributed by atoms with Crippen LogP contribution >= 0.6 is 0 Å². The van der Waals surface area contributed by atoms with Gasteiger partial charge in [-0.05, 0) is 55.0 Å². The number of benzene rings is 2. The highest BCUT2D eigenvalue weighted by Crippen LogP contribution is 2.29. The molecule has 2 aromatic carbocycles. The van der Waals surface area contributed by atoms with Crippen molar-refractivity contribution < 1.29 is 8.42 Å². The first-order chi connectivity index (χ1) is 11.6. The first-order valence-electron chi connectivity index (χ1n) is 8.27. The van der Waals surface area contributed by atoms with Gasteiger partial charge in [-0.1, -0.05) is 42.5 Å². The summed E-state index contributed by atoms with van der Waals surface area (Å²) in [5.74, 6) is 0.210. The van der Waals surface area contributed by atoms with Gasteiger partial charge in [0.05, 0.1) is 4.90 Å². The molecule has 1 fully saturated rings. The third kappa shape index (κ3) is 3.69. The van der Waals surface area contributed by atoms with Crippen LogP contribution in [0.2, 0.25) is 0 Å². The second-order valence-corrected chi connectivity index (χ2v) is 8.08. The van der Waals surface area contributed by atoms with Crippen LogP contribution in [-0.4, -0.2) is 32.4 Å². The molecular formula is C19H23N2O2S. The zero-order valence-electron chi connectivity index (χ0n) is 13.6. The number of nitrogens with zero attached hydrogens (tertiary/aromatic N) is 1. The lowest BCUT2D eigenvalue weighted by atomic mass is 9.92. The summed E-state index contributed by atoms with van der Waals surface area (Å²) in [6.07, 6.45) is 3.65. The number of hydrogen-bond donors (Lipinski definition) is 1. The first-order valence-corrected chi connectivity index (χ1v) is 9.71. The lowest BCUT2D eigenvalue weighted by Crippen LogP contribution is -2.39. The zero-order chi connectivity index (χ0) is 17.0. The molecule has 127 valence electrons. The van der Waals surface area contributed by atoms with E-state index in [1.165, 1.54) is 5.56 Å². The maximum Gasteiger partial charge on any atom is 0.243 e. The van der Waals surface area contributed by atoms with E-state index in [2.05, 4.69) is 18.6 Å². The summed E-state index contributed by atoms with van der Waals surface area (Å²) in [7, 11) is -3.48. The van der Waals surface area contributed by atoms with E-state index < -0.39 is 10.0 Å². The van der Waals surface area contributed by atoms with E-state index in [1.807, 2.05) is 24.3 Å². The third-order valence-electron chi connectivity index (χ3n) is 4.45. The Balaban J connectivity index is 1.83. The number of rotatable bonds is 5. The minimum absolute atomic E-state index is 0.210. The Bertz CT molecular complexity index is 775. The van der Waals surface area contributed by atoms with Gasteiger partial charge in [-0.3, -0.25) is 0 Å². The summed E-state index contributed by atoms with van der Waals surface area (Å²) in [4.78, 5) is 0.357. The average molecular weight is 343 g/mol. The Morgan fingerprint density at radius 2 is 1.88 bits per heavy atom. The largest absolute Gasteiger partial charge is 0.330 e. The summed E-state index contributed by atoms with van der Waals surface area (Å²) in [5, 5.41) is 0. The summed E-state index contributed by atoms with van der Waals surface area (Å²) in [6.45, 7) is 1.49. The maximum atomic E-state index is 13.0. The second-order valence-electron chi connectivity index (χ2n) is 6.14. The molecule has 0 bridgehead atoms. The highest BCUT2D eigenvalue weighted by Gasteiger charge is 2.31. The van der Waals surface area contributed by atoms with E-state index in [-0.39, 0.29) is 5.92 Å². The molecule has 4 nitrogen and oxygen atoms in total. The molecule has 2 aromatic rings. The Labute approximate surface area is 144 Å². The van der Waals surface area contributed by atoms with E-state index in [4.69, 9.17) is 5.73 Å². The van der Waals surface area contributed by atoms with Crippen LogP contribution < -0.4 is 5.73 Å². The molecule has 5 heteroatoms. The molecule has 1 aliphatic heterocycles. The highest BCUT2D eigenvalue weighted by molar-refractivity contribution is 7.89. The molecule has 3 rings (SSSR count). The number of hydrogen-bond acceptors (Lipinski definition) is 3. The molecule has 1 aliphatic rings. The minimum Gasteiger partial charge on any atom is -0.330 e. The zero-order valence-corrected chi connectivity index (χ0v) is 14.5. The van der Waals surface area contributed by atoms with Crippen molar-refractivity contribution in [2.45, 2.75) is 23.7 Å². The molecule has 0 unspecified atom stereocenters. The molecule has 2 N–H and O–H groups in total. The standard InChI is InChI=1S/C19H23N2O2S/c20-12-11-16-6-4-10-19(14-16)24(22,23)21-13-5-9-18(15-21)17-7-2-1-3-8-17/h1-8,10,14,18H,9,11-13,15,20H2/t18-/m1/s1. The highest BCUT2D eigenvalue weighted by atomic mass is 32.2. The van der Waals surface area contributed by atoms with Gasteiger partial charge in [0.25, 0.3) is 0 Å². The van der Waals surface area contributed by atoms with Crippen molar-refractivity contribution in [3.63, 3.8) is 0 Å². The van der Waals surface area contributed by atoms with Gasteiger partial charge in [-0.2, -0.15) is 4.31 Å². The Hall–Kier alpha value is -1.69. The normalized spacial score (nSPS) is 19.3. The van der Waals surface area contributed by atoms with Crippen LogP contribution in [0.25, 0.3) is 0 Å². The van der Waals surface area contributed by atoms with Crippen LogP contribution in [0.15, 0.2) is 59.5 Å². The van der Waals surface area contributed by atoms with Crippen LogP contribution in [0.4, 0.5) is 0 Å². The molecular weight excluding hydrogens is 320 g/mol. The van der Waals surface area contributed by atoms with Crippen LogP contribution in [0.5, 0.6) is 0 Å². The molecule has 0 spiro atoms. The van der Waals surface area contributed by atoms with Crippen LogP contribution in [0.1, 0.15) is 23.5 Å². The van der Waals surface area contributed by atoms with Crippen molar-refractivity contribution in [3.8, 4) is 0 Å². The Kier molecular flexibility index (Phi) is 5.33. The fourth-order valence-electron chi connectivity index (χ4n) is 3.15. The fourth-order valence-corrected chi connectivity index (χ4v) is 4.68. The van der Waals surface area contributed by atoms with Gasteiger partial charge in [0.15, 0.2) is 0 Å². The van der Waals surface area contributed by atoms with E-state index in [0.717, 1.165) is 12.0 Å². The molecule has 1 radical (unpaired) electrons. The quantitative estimate of drug-likeness (QED) is 0.907. The van der Waals surface area contributed by atoms with Crippen LogP contribution in [-0.2, 0) is 16.4 Å². The van der Waals surface area contributed by atoms with Gasteiger partial charge in [-0.15, -0.1) is 0 Å². The molecule has 1 atom stereocenters. The smallest absolute Gasteiger partial charge is 0.243 e. The molecule has 1 saturated heterocycles. The SMILES string of the molecule is NCCc1cccc(S(=O)(=O)N2C[CH]C[C@@H](c3ccccc3)C2)c1. The van der Waals surface area contributed by atoms with Gasteiger partial charge < -0.3 is 5.73 Å². The lowest BCUT2D eigenvalue weighted by Gasteiger charge is -2.32. The maximum absolute atomic E-state index is 13.0. The molecule has 0 aliphatic carbocycles. The summed E-state index contributed by atoms with van der Waals surface area (Å²) >= 11 is 0. The van der Waals surface area contributed by atoms with Crippen molar-refractivity contribution >= 4 is 10.0 Å². The topological polar surface area (TPSA) is 63.4 Å². The Morgan fingerprint density at radius 3 is 2.62 bits per heavy atom. The average Bonchev–Trinajstić information content (AvgIpc) is 2.63. The fraction of sp³-hybridized carbons (Fsp3) is 0.316. The predicted molar refractivity (Wildman–Crippen MR) is 96.1 cm³/mol. The predicted octanol–water partition coefficient (Wildman–Crippen LogP) is 2.57.